The first kappa shape index (κ1) is 16.0. The van der Waals surface area contributed by atoms with Crippen molar-refractivity contribution in [2.24, 2.45) is 0 Å². The molecule has 0 radical (unpaired) electrons. The average molecular weight is 316 g/mol. The van der Waals surface area contributed by atoms with E-state index < -0.39 is 5.97 Å². The van der Waals surface area contributed by atoms with Crippen molar-refractivity contribution < 1.29 is 19.5 Å². The maximum atomic E-state index is 12.1. The zero-order chi connectivity index (χ0) is 15.9. The molecule has 0 N–H and O–H groups in total. The number of rotatable bonds is 6. The number of nitrogens with zero attached hydrogens (tertiary/aromatic N) is 1. The van der Waals surface area contributed by atoms with Gasteiger partial charge in [-0.15, -0.1) is 0 Å². The van der Waals surface area contributed by atoms with Gasteiger partial charge in [-0.2, -0.15) is 0 Å². The molecule has 1 aliphatic rings. The summed E-state index contributed by atoms with van der Waals surface area (Å²) in [4.78, 5) is 35.6. The lowest BCUT2D eigenvalue weighted by Gasteiger charge is -2.11. The van der Waals surface area contributed by atoms with Crippen LogP contribution in [0.25, 0.3) is 6.08 Å². The van der Waals surface area contributed by atoms with Crippen molar-refractivity contribution in [2.75, 3.05) is 6.54 Å². The fourth-order valence-electron chi connectivity index (χ4n) is 1.90. The first-order chi connectivity index (χ1) is 10.6. The highest BCUT2D eigenvalue weighted by Gasteiger charge is 2.33. The van der Waals surface area contributed by atoms with Gasteiger partial charge in [0, 0.05) is 12.5 Å². The fourth-order valence-corrected chi connectivity index (χ4v) is 2.72. The van der Waals surface area contributed by atoms with Crippen molar-refractivity contribution in [3.05, 3.63) is 53.0 Å². The highest BCUT2D eigenvalue weighted by molar-refractivity contribution is 8.18. The van der Waals surface area contributed by atoms with Gasteiger partial charge < -0.3 is 9.90 Å². The monoisotopic (exact) mass is 316 g/mol. The van der Waals surface area contributed by atoms with Gasteiger partial charge in [-0.3, -0.25) is 14.5 Å². The number of hydrogen-bond acceptors (Lipinski definition) is 5. The minimum Gasteiger partial charge on any atom is -0.550 e. The van der Waals surface area contributed by atoms with Crippen molar-refractivity contribution in [3.8, 4) is 0 Å². The average Bonchev–Trinajstić information content (AvgIpc) is 2.76. The van der Waals surface area contributed by atoms with E-state index >= 15 is 0 Å². The van der Waals surface area contributed by atoms with Gasteiger partial charge >= 0.3 is 0 Å². The molecule has 2 amide bonds. The number of carbonyl (C=O) groups excluding carboxylic acids is 3. The highest BCUT2D eigenvalue weighted by atomic mass is 32.2. The minimum atomic E-state index is -1.19. The topological polar surface area (TPSA) is 77.5 Å². The maximum absolute atomic E-state index is 12.1. The van der Waals surface area contributed by atoms with E-state index in [1.165, 1.54) is 0 Å². The normalized spacial score (nSPS) is 16.9. The van der Waals surface area contributed by atoms with Crippen molar-refractivity contribution >= 4 is 35.0 Å². The molecular formula is C16H14NO4S-. The number of imide groups is 1. The summed E-state index contributed by atoms with van der Waals surface area (Å²) >= 11 is 0.860. The number of carboxylic acid groups (broad SMARTS) is 1. The van der Waals surface area contributed by atoms with E-state index in [0.717, 1.165) is 22.2 Å². The van der Waals surface area contributed by atoms with Gasteiger partial charge in [0.25, 0.3) is 11.1 Å². The Kier molecular flexibility index (Phi) is 5.55. The molecule has 114 valence electrons. The van der Waals surface area contributed by atoms with Crippen LogP contribution in [-0.2, 0) is 9.59 Å². The number of aliphatic carboxylic acids is 1. The predicted octanol–water partition coefficient (Wildman–Crippen LogP) is 1.81. The molecule has 22 heavy (non-hydrogen) atoms. The Morgan fingerprint density at radius 3 is 2.64 bits per heavy atom. The van der Waals surface area contributed by atoms with E-state index in [9.17, 15) is 19.5 Å². The van der Waals surface area contributed by atoms with E-state index in [0.29, 0.717) is 4.91 Å². The van der Waals surface area contributed by atoms with Crippen LogP contribution in [0.1, 0.15) is 18.4 Å². The summed E-state index contributed by atoms with van der Waals surface area (Å²) in [5.74, 6) is -1.57. The molecule has 1 aliphatic heterocycles. The van der Waals surface area contributed by atoms with Crippen LogP contribution in [0, 0.1) is 0 Å². The van der Waals surface area contributed by atoms with Crippen LogP contribution in [0.4, 0.5) is 4.79 Å². The summed E-state index contributed by atoms with van der Waals surface area (Å²) in [7, 11) is 0. The number of benzene rings is 1. The standard InChI is InChI=1S/C16H15NO4S/c18-14(19)10-5-11-17-15(20)13(22-16(17)21)9-4-8-12-6-2-1-3-7-12/h1-4,6-9H,5,10-11H2,(H,18,19)/p-1. The molecule has 6 heteroatoms. The van der Waals surface area contributed by atoms with E-state index in [2.05, 4.69) is 0 Å². The zero-order valence-electron chi connectivity index (χ0n) is 11.7. The Balaban J connectivity index is 1.97. The largest absolute Gasteiger partial charge is 0.550 e. The summed E-state index contributed by atoms with van der Waals surface area (Å²) in [6, 6.07) is 9.58. The first-order valence-corrected chi connectivity index (χ1v) is 7.56. The van der Waals surface area contributed by atoms with Gasteiger partial charge in [0.2, 0.25) is 0 Å². The predicted molar refractivity (Wildman–Crippen MR) is 82.5 cm³/mol. The fraction of sp³-hybridized carbons (Fsp3) is 0.188. The van der Waals surface area contributed by atoms with Gasteiger partial charge in [0.1, 0.15) is 0 Å². The van der Waals surface area contributed by atoms with Crippen LogP contribution in [0.2, 0.25) is 0 Å². The van der Waals surface area contributed by atoms with Crippen LogP contribution in [0.5, 0.6) is 0 Å². The van der Waals surface area contributed by atoms with Gasteiger partial charge in [-0.25, -0.2) is 0 Å². The molecule has 2 rings (SSSR count). The number of amides is 2. The Morgan fingerprint density at radius 2 is 1.95 bits per heavy atom. The summed E-state index contributed by atoms with van der Waals surface area (Å²) in [5.41, 5.74) is 0.993. The van der Waals surface area contributed by atoms with Crippen LogP contribution in [0.3, 0.4) is 0 Å². The second kappa shape index (κ2) is 7.61. The van der Waals surface area contributed by atoms with Gasteiger partial charge in [-0.1, -0.05) is 42.5 Å². The van der Waals surface area contributed by atoms with Gasteiger partial charge in [0.05, 0.1) is 4.91 Å². The highest BCUT2D eigenvalue weighted by Crippen LogP contribution is 2.30. The third kappa shape index (κ3) is 4.33. The van der Waals surface area contributed by atoms with Crippen LogP contribution in [0.15, 0.2) is 47.4 Å². The molecule has 0 aliphatic carbocycles. The summed E-state index contributed by atoms with van der Waals surface area (Å²) in [6.07, 6.45) is 5.18. The molecule has 0 atom stereocenters. The molecule has 0 bridgehead atoms. The van der Waals surface area contributed by atoms with Crippen LogP contribution in [-0.4, -0.2) is 28.6 Å². The zero-order valence-corrected chi connectivity index (χ0v) is 12.5. The maximum Gasteiger partial charge on any atom is 0.293 e. The van der Waals surface area contributed by atoms with E-state index in [1.54, 1.807) is 12.2 Å². The molecule has 1 heterocycles. The van der Waals surface area contributed by atoms with Crippen LogP contribution >= 0.6 is 11.8 Å². The summed E-state index contributed by atoms with van der Waals surface area (Å²) < 4.78 is 0. The Hall–Kier alpha value is -2.34. The third-order valence-electron chi connectivity index (χ3n) is 2.97. The molecule has 0 aromatic heterocycles. The number of carboxylic acids is 1. The number of hydrogen-bond donors (Lipinski definition) is 0. The minimum absolute atomic E-state index is 0.0956. The lowest BCUT2D eigenvalue weighted by molar-refractivity contribution is -0.305. The molecule has 1 saturated heterocycles. The first-order valence-electron chi connectivity index (χ1n) is 6.75. The van der Waals surface area contributed by atoms with Crippen molar-refractivity contribution in [2.45, 2.75) is 12.8 Å². The molecular weight excluding hydrogens is 302 g/mol. The second-order valence-electron chi connectivity index (χ2n) is 4.60. The smallest absolute Gasteiger partial charge is 0.293 e. The number of carbonyl (C=O) groups is 3. The van der Waals surface area contributed by atoms with E-state index in [4.69, 9.17) is 0 Å². The molecule has 0 saturated carbocycles. The van der Waals surface area contributed by atoms with Crippen LogP contribution < -0.4 is 5.11 Å². The second-order valence-corrected chi connectivity index (χ2v) is 5.59. The molecule has 1 aromatic rings. The molecule has 0 spiro atoms. The van der Waals surface area contributed by atoms with Gasteiger partial charge in [0.15, 0.2) is 0 Å². The lowest BCUT2D eigenvalue weighted by Crippen LogP contribution is -2.30. The Labute approximate surface area is 132 Å². The molecule has 0 unspecified atom stereocenters. The quantitative estimate of drug-likeness (QED) is 0.748. The summed E-state index contributed by atoms with van der Waals surface area (Å²) in [5, 5.41) is 9.98. The molecule has 1 aromatic carbocycles. The Bertz CT molecular complexity index is 637. The third-order valence-corrected chi connectivity index (χ3v) is 3.90. The van der Waals surface area contributed by atoms with Gasteiger partial charge in [-0.05, 0) is 36.2 Å². The van der Waals surface area contributed by atoms with Crippen molar-refractivity contribution in [1.29, 1.82) is 0 Å². The Morgan fingerprint density at radius 1 is 1.23 bits per heavy atom. The van der Waals surface area contributed by atoms with E-state index in [-0.39, 0.29) is 30.5 Å². The molecule has 5 nitrogen and oxygen atoms in total. The number of allylic oxidation sites excluding steroid dienone is 2. The SMILES string of the molecule is O=C([O-])CCCN1C(=O)SC(=CC=Cc2ccccc2)C1=O. The van der Waals surface area contributed by atoms with Crippen molar-refractivity contribution in [1.82, 2.24) is 4.90 Å². The van der Waals surface area contributed by atoms with Crippen molar-refractivity contribution in [3.63, 3.8) is 0 Å². The van der Waals surface area contributed by atoms with E-state index in [1.807, 2.05) is 36.4 Å². The molecule has 1 fully saturated rings. The lowest BCUT2D eigenvalue weighted by atomic mass is 10.2. The number of thioether (sulfide) groups is 1. The summed E-state index contributed by atoms with van der Waals surface area (Å²) in [6.45, 7) is 0.0956.